The van der Waals surface area contributed by atoms with E-state index in [1.165, 1.54) is 34.6 Å². The van der Waals surface area contributed by atoms with E-state index in [0.717, 1.165) is 12.1 Å². The van der Waals surface area contributed by atoms with Gasteiger partial charge in [0.15, 0.2) is 0 Å². The Morgan fingerprint density at radius 2 is 1.65 bits per heavy atom. The molecule has 1 aromatic heterocycles. The molecule has 0 bridgehead atoms. The van der Waals surface area contributed by atoms with Crippen molar-refractivity contribution in [2.45, 2.75) is 23.5 Å². The second kappa shape index (κ2) is 13.3. The average molecular weight is 640 g/mol. The van der Waals surface area contributed by atoms with E-state index in [2.05, 4.69) is 15.6 Å². The maximum Gasteiger partial charge on any atom is 0.416 e. The van der Waals surface area contributed by atoms with Crippen LogP contribution in [0.4, 0.5) is 30.4 Å². The van der Waals surface area contributed by atoms with Gasteiger partial charge < -0.3 is 27.0 Å². The Kier molecular flexibility index (Phi) is 9.92. The highest BCUT2D eigenvalue weighted by Gasteiger charge is 2.33. The lowest BCUT2D eigenvalue weighted by Gasteiger charge is -2.35. The zero-order chi connectivity index (χ0) is 31.4. The first-order valence-electron chi connectivity index (χ1n) is 13.1. The Morgan fingerprint density at radius 1 is 0.977 bits per heavy atom. The molecule has 1 aliphatic rings. The van der Waals surface area contributed by atoms with E-state index in [1.54, 1.807) is 23.1 Å². The molecule has 11 nitrogen and oxygen atoms in total. The highest BCUT2D eigenvalue weighted by atomic mass is 35.5. The molecule has 1 unspecified atom stereocenters. The molecule has 1 aliphatic heterocycles. The quantitative estimate of drug-likeness (QED) is 0.260. The normalized spacial score (nSPS) is 15.2. The number of piperazine rings is 1. The second-order valence-electron chi connectivity index (χ2n) is 9.66. The van der Waals surface area contributed by atoms with Gasteiger partial charge in [-0.25, -0.2) is 13.4 Å². The Bertz CT molecular complexity index is 1580. The number of hydrogen-bond donors (Lipinski definition) is 4. The summed E-state index contributed by atoms with van der Waals surface area (Å²) in [5, 5.41) is 5.00. The van der Waals surface area contributed by atoms with Crippen molar-refractivity contribution < 1.29 is 31.2 Å². The number of carbonyl (C=O) groups is 2. The minimum absolute atomic E-state index is 0.0139. The zero-order valence-electron chi connectivity index (χ0n) is 22.6. The maximum atomic E-state index is 13.2. The van der Waals surface area contributed by atoms with Crippen LogP contribution in [0, 0.1) is 0 Å². The standard InChI is InChI=1S/C27H29ClF3N7O4S/c28-23-15-18(27(29,30)31)16-24(36-23)37-10-12-38(13-11-37)43(41,42)21-6-4-19(5-7-21)34-25(39)17-2-1-3-20(14-17)35-26(40)22(33)8-9-32/h1-7,14-16,22H,8-13,32-33H2,(H,34,39)(H,35,40). The lowest BCUT2D eigenvalue weighted by molar-refractivity contribution is -0.137. The highest BCUT2D eigenvalue weighted by molar-refractivity contribution is 7.89. The van der Waals surface area contributed by atoms with Crippen molar-refractivity contribution in [2.75, 3.05) is 48.3 Å². The maximum absolute atomic E-state index is 13.2. The number of halogens is 4. The first-order chi connectivity index (χ1) is 20.3. The van der Waals surface area contributed by atoms with Crippen LogP contribution in [-0.4, -0.2) is 68.3 Å². The van der Waals surface area contributed by atoms with Gasteiger partial charge >= 0.3 is 6.18 Å². The number of rotatable bonds is 9. The average Bonchev–Trinajstić information content (AvgIpc) is 2.97. The van der Waals surface area contributed by atoms with Crippen molar-refractivity contribution in [3.63, 3.8) is 0 Å². The van der Waals surface area contributed by atoms with Crippen LogP contribution in [0.2, 0.25) is 5.15 Å². The molecule has 0 aliphatic carbocycles. The summed E-state index contributed by atoms with van der Waals surface area (Å²) in [6, 6.07) is 12.6. The Labute approximate surface area is 251 Å². The van der Waals surface area contributed by atoms with Gasteiger partial charge in [0.1, 0.15) is 11.0 Å². The van der Waals surface area contributed by atoms with E-state index < -0.39 is 39.6 Å². The van der Waals surface area contributed by atoms with Crippen LogP contribution in [0.15, 0.2) is 65.6 Å². The molecule has 6 N–H and O–H groups in total. The van der Waals surface area contributed by atoms with Gasteiger partial charge in [-0.2, -0.15) is 17.5 Å². The van der Waals surface area contributed by atoms with Gasteiger partial charge in [-0.05, 0) is 67.6 Å². The molecule has 2 amide bonds. The van der Waals surface area contributed by atoms with E-state index in [-0.39, 0.29) is 54.2 Å². The van der Waals surface area contributed by atoms with E-state index >= 15 is 0 Å². The first-order valence-corrected chi connectivity index (χ1v) is 14.9. The lowest BCUT2D eigenvalue weighted by Crippen LogP contribution is -2.49. The Hall–Kier alpha value is -3.76. The summed E-state index contributed by atoms with van der Waals surface area (Å²) in [4.78, 5) is 30.4. The number of amides is 2. The number of anilines is 3. The third-order valence-corrected chi connectivity index (χ3v) is 8.73. The Morgan fingerprint density at radius 3 is 2.28 bits per heavy atom. The number of sulfonamides is 1. The molecule has 0 saturated carbocycles. The van der Waals surface area contributed by atoms with Crippen LogP contribution in [0.25, 0.3) is 0 Å². The molecule has 2 aromatic carbocycles. The fourth-order valence-electron chi connectivity index (χ4n) is 4.31. The second-order valence-corrected chi connectivity index (χ2v) is 12.0. The molecule has 4 rings (SSSR count). The Balaban J connectivity index is 1.37. The number of aromatic nitrogens is 1. The molecule has 1 saturated heterocycles. The highest BCUT2D eigenvalue weighted by Crippen LogP contribution is 2.33. The molecule has 230 valence electrons. The lowest BCUT2D eigenvalue weighted by atomic mass is 10.1. The molecular weight excluding hydrogens is 611 g/mol. The predicted molar refractivity (Wildman–Crippen MR) is 156 cm³/mol. The van der Waals surface area contributed by atoms with Gasteiger partial charge in [0, 0.05) is 43.1 Å². The summed E-state index contributed by atoms with van der Waals surface area (Å²) in [6.45, 7) is 0.498. The molecule has 16 heteroatoms. The number of nitrogens with one attached hydrogen (secondary N) is 2. The number of hydrogen-bond acceptors (Lipinski definition) is 8. The number of nitrogens with two attached hydrogens (primary N) is 2. The molecule has 1 atom stereocenters. The number of carbonyl (C=O) groups excluding carboxylic acids is 2. The van der Waals surface area contributed by atoms with Crippen molar-refractivity contribution in [3.8, 4) is 0 Å². The fraction of sp³-hybridized carbons (Fsp3) is 0.296. The number of nitrogens with zero attached hydrogens (tertiary/aromatic N) is 3. The van der Waals surface area contributed by atoms with Crippen molar-refractivity contribution in [1.29, 1.82) is 0 Å². The van der Waals surface area contributed by atoms with Gasteiger partial charge in [0.25, 0.3) is 5.91 Å². The molecule has 43 heavy (non-hydrogen) atoms. The van der Waals surface area contributed by atoms with Crippen molar-refractivity contribution in [3.05, 3.63) is 76.9 Å². The van der Waals surface area contributed by atoms with E-state index in [0.29, 0.717) is 17.8 Å². The molecule has 2 heterocycles. The van der Waals surface area contributed by atoms with Crippen molar-refractivity contribution in [2.24, 2.45) is 11.5 Å². The smallest absolute Gasteiger partial charge is 0.354 e. The van der Waals surface area contributed by atoms with Crippen molar-refractivity contribution in [1.82, 2.24) is 9.29 Å². The van der Waals surface area contributed by atoms with Crippen LogP contribution in [0.5, 0.6) is 0 Å². The van der Waals surface area contributed by atoms with Crippen molar-refractivity contribution >= 4 is 50.6 Å². The molecule has 1 fully saturated rings. The van der Waals surface area contributed by atoms with Gasteiger partial charge in [-0.3, -0.25) is 9.59 Å². The SMILES string of the molecule is NCCC(N)C(=O)Nc1cccc(C(=O)Nc2ccc(S(=O)(=O)N3CCN(c4cc(C(F)(F)F)cc(Cl)n4)CC3)cc2)c1. The van der Waals surface area contributed by atoms with Crippen LogP contribution in [0.3, 0.4) is 0 Å². The van der Waals surface area contributed by atoms with Gasteiger partial charge in [0.2, 0.25) is 15.9 Å². The van der Waals surface area contributed by atoms with Crippen LogP contribution >= 0.6 is 11.6 Å². The first kappa shape index (κ1) is 32.2. The largest absolute Gasteiger partial charge is 0.416 e. The fourth-order valence-corrected chi connectivity index (χ4v) is 5.94. The van der Waals surface area contributed by atoms with Gasteiger partial charge in [-0.15, -0.1) is 0 Å². The summed E-state index contributed by atoms with van der Waals surface area (Å²) in [5.41, 5.74) is 11.2. The molecule has 3 aromatic rings. The molecular formula is C27H29ClF3N7O4S. The summed E-state index contributed by atoms with van der Waals surface area (Å²) in [7, 11) is -3.92. The van der Waals surface area contributed by atoms with E-state index in [4.69, 9.17) is 23.1 Å². The molecule has 0 spiro atoms. The number of alkyl halides is 3. The zero-order valence-corrected chi connectivity index (χ0v) is 24.2. The third-order valence-electron chi connectivity index (χ3n) is 6.63. The minimum atomic E-state index is -4.60. The van der Waals surface area contributed by atoms with E-state index in [9.17, 15) is 31.2 Å². The summed E-state index contributed by atoms with van der Waals surface area (Å²) in [5.74, 6) is -0.907. The van der Waals surface area contributed by atoms with Crippen LogP contribution in [0.1, 0.15) is 22.3 Å². The molecule has 0 radical (unpaired) electrons. The van der Waals surface area contributed by atoms with Crippen LogP contribution < -0.4 is 27.0 Å². The summed E-state index contributed by atoms with van der Waals surface area (Å²) in [6.07, 6.45) is -4.29. The summed E-state index contributed by atoms with van der Waals surface area (Å²) < 4.78 is 67.2. The topological polar surface area (TPSA) is 164 Å². The number of pyridine rings is 1. The van der Waals surface area contributed by atoms with Gasteiger partial charge in [0.05, 0.1) is 16.5 Å². The van der Waals surface area contributed by atoms with E-state index in [1.807, 2.05) is 0 Å². The predicted octanol–water partition coefficient (Wildman–Crippen LogP) is 3.13. The summed E-state index contributed by atoms with van der Waals surface area (Å²) >= 11 is 5.79. The van der Waals surface area contributed by atoms with Crippen LogP contribution in [-0.2, 0) is 21.0 Å². The number of benzene rings is 2. The minimum Gasteiger partial charge on any atom is -0.354 e. The third kappa shape index (κ3) is 8.00. The van der Waals surface area contributed by atoms with Gasteiger partial charge in [-0.1, -0.05) is 17.7 Å². The monoisotopic (exact) mass is 639 g/mol.